The summed E-state index contributed by atoms with van der Waals surface area (Å²) in [5.74, 6) is -0.352. The molecule has 0 spiro atoms. The number of anilines is 2. The Morgan fingerprint density at radius 1 is 0.943 bits per heavy atom. The Hall–Kier alpha value is -3.97. The topological polar surface area (TPSA) is 90.5 Å². The molecule has 1 aliphatic heterocycles. The first-order valence-corrected chi connectivity index (χ1v) is 11.8. The summed E-state index contributed by atoms with van der Waals surface area (Å²) < 4.78 is 0. The molecule has 35 heavy (non-hydrogen) atoms. The van der Waals surface area contributed by atoms with Gasteiger partial charge in [-0.2, -0.15) is 0 Å². The highest BCUT2D eigenvalue weighted by Gasteiger charge is 2.27. The minimum atomic E-state index is -0.182. The minimum Gasteiger partial charge on any atom is -0.358 e. The van der Waals surface area contributed by atoms with E-state index in [4.69, 9.17) is 0 Å². The maximum atomic E-state index is 13.5. The first-order chi connectivity index (χ1) is 17.0. The monoisotopic (exact) mass is 470 g/mol. The average Bonchev–Trinajstić information content (AvgIpc) is 3.07. The molecule has 0 aliphatic carbocycles. The molecular weight excluding hydrogens is 440 g/mol. The number of carbonyl (C=O) groups is 3. The van der Waals surface area contributed by atoms with E-state index in [-0.39, 0.29) is 30.3 Å². The van der Waals surface area contributed by atoms with Crippen molar-refractivity contribution in [3.8, 4) is 0 Å². The van der Waals surface area contributed by atoms with Crippen molar-refractivity contribution in [2.75, 3.05) is 30.4 Å². The highest BCUT2D eigenvalue weighted by atomic mass is 16.2. The van der Waals surface area contributed by atoms with Crippen LogP contribution in [0.1, 0.15) is 50.7 Å². The van der Waals surface area contributed by atoms with Gasteiger partial charge in [0.15, 0.2) is 0 Å². The molecule has 0 radical (unpaired) electrons. The standard InChI is InChI=1S/C28H30N4O3/c1-19-8-3-4-9-22(19)27(34)31-21-15-13-20(14-16-21)28(35)32-17-7-11-24(30-18-26(33)29-2)23-10-5-6-12-25(23)32/h3-6,8-10,12-16,24,30H,7,11,17-18H2,1-2H3,(H,29,33)(H,31,34). The second-order valence-electron chi connectivity index (χ2n) is 8.61. The number of fused-ring (bicyclic) bond motifs is 1. The fourth-order valence-electron chi connectivity index (χ4n) is 4.36. The van der Waals surface area contributed by atoms with Gasteiger partial charge >= 0.3 is 0 Å². The van der Waals surface area contributed by atoms with E-state index in [1.165, 1.54) is 0 Å². The van der Waals surface area contributed by atoms with Gasteiger partial charge in [-0.05, 0) is 67.3 Å². The van der Waals surface area contributed by atoms with Crippen LogP contribution < -0.4 is 20.9 Å². The molecule has 0 fully saturated rings. The molecule has 3 aromatic rings. The van der Waals surface area contributed by atoms with Crippen molar-refractivity contribution in [1.82, 2.24) is 10.6 Å². The van der Waals surface area contributed by atoms with Crippen molar-refractivity contribution in [1.29, 1.82) is 0 Å². The van der Waals surface area contributed by atoms with Gasteiger partial charge in [0.2, 0.25) is 5.91 Å². The number of carbonyl (C=O) groups excluding carboxylic acids is 3. The van der Waals surface area contributed by atoms with Gasteiger partial charge in [-0.1, -0.05) is 36.4 Å². The molecule has 7 nitrogen and oxygen atoms in total. The third-order valence-electron chi connectivity index (χ3n) is 6.29. The molecule has 4 rings (SSSR count). The normalized spacial score (nSPS) is 15.0. The molecule has 0 saturated carbocycles. The Kier molecular flexibility index (Phi) is 7.57. The van der Waals surface area contributed by atoms with Crippen LogP contribution in [0.4, 0.5) is 11.4 Å². The van der Waals surface area contributed by atoms with Crippen LogP contribution >= 0.6 is 0 Å². The lowest BCUT2D eigenvalue weighted by Crippen LogP contribution is -2.34. The summed E-state index contributed by atoms with van der Waals surface area (Å²) in [4.78, 5) is 39.6. The number of likely N-dealkylation sites (N-methyl/N-ethyl adjacent to an activating group) is 1. The second-order valence-corrected chi connectivity index (χ2v) is 8.61. The molecule has 7 heteroatoms. The number of amides is 3. The zero-order chi connectivity index (χ0) is 24.8. The van der Waals surface area contributed by atoms with Crippen LogP contribution in [0.2, 0.25) is 0 Å². The highest BCUT2D eigenvalue weighted by molar-refractivity contribution is 6.08. The summed E-state index contributed by atoms with van der Waals surface area (Å²) in [5, 5.41) is 8.85. The SMILES string of the molecule is CNC(=O)CNC1CCCN(C(=O)c2ccc(NC(=O)c3ccccc3C)cc2)c2ccccc21. The molecule has 0 bridgehead atoms. The van der Waals surface area contributed by atoms with Gasteiger partial charge in [-0.25, -0.2) is 0 Å². The van der Waals surface area contributed by atoms with Gasteiger partial charge in [0.05, 0.1) is 6.54 Å². The van der Waals surface area contributed by atoms with Gasteiger partial charge in [0.1, 0.15) is 0 Å². The molecule has 1 atom stereocenters. The molecule has 0 aromatic heterocycles. The Balaban J connectivity index is 1.50. The van der Waals surface area contributed by atoms with Crippen molar-refractivity contribution < 1.29 is 14.4 Å². The van der Waals surface area contributed by atoms with Crippen molar-refractivity contribution in [3.05, 3.63) is 95.1 Å². The van der Waals surface area contributed by atoms with Crippen LogP contribution in [-0.4, -0.2) is 37.9 Å². The van der Waals surface area contributed by atoms with E-state index >= 15 is 0 Å². The second kappa shape index (κ2) is 11.0. The van der Waals surface area contributed by atoms with Gasteiger partial charge in [-0.3, -0.25) is 14.4 Å². The van der Waals surface area contributed by atoms with Crippen molar-refractivity contribution in [2.45, 2.75) is 25.8 Å². The van der Waals surface area contributed by atoms with E-state index in [0.29, 0.717) is 23.4 Å². The zero-order valence-corrected chi connectivity index (χ0v) is 20.0. The first kappa shape index (κ1) is 24.2. The molecule has 180 valence electrons. The smallest absolute Gasteiger partial charge is 0.258 e. The number of nitrogens with zero attached hydrogens (tertiary/aromatic N) is 1. The van der Waals surface area contributed by atoms with Gasteiger partial charge < -0.3 is 20.9 Å². The summed E-state index contributed by atoms with van der Waals surface area (Å²) in [6.07, 6.45) is 1.62. The number of nitrogens with one attached hydrogen (secondary N) is 3. The van der Waals surface area contributed by atoms with Crippen molar-refractivity contribution in [3.63, 3.8) is 0 Å². The van der Waals surface area contributed by atoms with E-state index in [1.807, 2.05) is 49.4 Å². The Morgan fingerprint density at radius 3 is 2.40 bits per heavy atom. The fraction of sp³-hybridized carbons (Fsp3) is 0.250. The van der Waals surface area contributed by atoms with E-state index in [2.05, 4.69) is 16.0 Å². The predicted octanol–water partition coefficient (Wildman–Crippen LogP) is 4.06. The molecule has 3 N–H and O–H groups in total. The maximum Gasteiger partial charge on any atom is 0.258 e. The van der Waals surface area contributed by atoms with Crippen LogP contribution in [0.3, 0.4) is 0 Å². The molecule has 1 heterocycles. The summed E-state index contributed by atoms with van der Waals surface area (Å²) >= 11 is 0. The minimum absolute atomic E-state index is 0.0136. The number of hydrogen-bond donors (Lipinski definition) is 3. The van der Waals surface area contributed by atoms with Gasteiger partial charge in [0, 0.05) is 42.1 Å². The van der Waals surface area contributed by atoms with E-state index in [0.717, 1.165) is 29.7 Å². The van der Waals surface area contributed by atoms with E-state index < -0.39 is 0 Å². The summed E-state index contributed by atoms with van der Waals surface area (Å²) in [6.45, 7) is 2.70. The van der Waals surface area contributed by atoms with Gasteiger partial charge in [-0.15, -0.1) is 0 Å². The van der Waals surface area contributed by atoms with Crippen LogP contribution in [0.15, 0.2) is 72.8 Å². The van der Waals surface area contributed by atoms with Gasteiger partial charge in [0.25, 0.3) is 11.8 Å². The van der Waals surface area contributed by atoms with E-state index in [9.17, 15) is 14.4 Å². The average molecular weight is 471 g/mol. The lowest BCUT2D eigenvalue weighted by Gasteiger charge is -2.24. The maximum absolute atomic E-state index is 13.5. The molecule has 1 aliphatic rings. The van der Waals surface area contributed by atoms with Crippen LogP contribution in [0.25, 0.3) is 0 Å². The number of hydrogen-bond acceptors (Lipinski definition) is 4. The van der Waals surface area contributed by atoms with E-state index in [1.54, 1.807) is 42.3 Å². The number of para-hydroxylation sites is 1. The Labute approximate surface area is 205 Å². The zero-order valence-electron chi connectivity index (χ0n) is 20.0. The number of benzene rings is 3. The third kappa shape index (κ3) is 5.58. The number of rotatable bonds is 6. The van der Waals surface area contributed by atoms with Crippen LogP contribution in [0.5, 0.6) is 0 Å². The molecular formula is C28H30N4O3. The third-order valence-corrected chi connectivity index (χ3v) is 6.29. The fourth-order valence-corrected chi connectivity index (χ4v) is 4.36. The van der Waals surface area contributed by atoms with Crippen LogP contribution in [-0.2, 0) is 4.79 Å². The van der Waals surface area contributed by atoms with Crippen molar-refractivity contribution in [2.24, 2.45) is 0 Å². The Bertz CT molecular complexity index is 1220. The summed E-state index contributed by atoms with van der Waals surface area (Å²) in [5.41, 5.74) is 4.55. The highest BCUT2D eigenvalue weighted by Crippen LogP contribution is 2.33. The molecule has 1 unspecified atom stereocenters. The predicted molar refractivity (Wildman–Crippen MR) is 138 cm³/mol. The summed E-state index contributed by atoms with van der Waals surface area (Å²) in [6, 6.07) is 22.2. The lowest BCUT2D eigenvalue weighted by atomic mass is 10.0. The first-order valence-electron chi connectivity index (χ1n) is 11.8. The molecule has 3 amide bonds. The largest absolute Gasteiger partial charge is 0.358 e. The molecule has 0 saturated heterocycles. The number of aryl methyl sites for hydroxylation is 1. The quantitative estimate of drug-likeness (QED) is 0.507. The van der Waals surface area contributed by atoms with Crippen LogP contribution in [0, 0.1) is 6.92 Å². The van der Waals surface area contributed by atoms with Crippen molar-refractivity contribution >= 4 is 29.1 Å². The Morgan fingerprint density at radius 2 is 1.66 bits per heavy atom. The summed E-state index contributed by atoms with van der Waals surface area (Å²) in [7, 11) is 1.62. The lowest BCUT2D eigenvalue weighted by molar-refractivity contribution is -0.119. The molecule has 3 aromatic carbocycles.